The Morgan fingerprint density at radius 3 is 2.67 bits per heavy atom. The zero-order valence-electron chi connectivity index (χ0n) is 4.07. The highest BCUT2D eigenvalue weighted by atomic mass is 14.8. The molecule has 0 aromatic heterocycles. The smallest absolute Gasteiger partial charge is 0.0314 e. The Kier molecular flexibility index (Phi) is 4.19. The summed E-state index contributed by atoms with van der Waals surface area (Å²) in [6.45, 7) is 2.08. The maximum absolute atomic E-state index is 3.39. The second-order valence-corrected chi connectivity index (χ2v) is 1.01. The van der Waals surface area contributed by atoms with Gasteiger partial charge in [-0.15, -0.1) is 0 Å². The van der Waals surface area contributed by atoms with Gasteiger partial charge in [-0.3, -0.25) is 0 Å². The third kappa shape index (κ3) is 3.54. The lowest BCUT2D eigenvalue weighted by molar-refractivity contribution is 1.13. The molecular formula is C5H10N. The van der Waals surface area contributed by atoms with E-state index in [9.17, 15) is 0 Å². The van der Waals surface area contributed by atoms with Gasteiger partial charge < -0.3 is 5.32 Å². The van der Waals surface area contributed by atoms with Crippen LogP contribution in [-0.2, 0) is 0 Å². The quantitative estimate of drug-likeness (QED) is 0.531. The van der Waals surface area contributed by atoms with Crippen molar-refractivity contribution >= 4 is 0 Å². The van der Waals surface area contributed by atoms with Crippen molar-refractivity contribution in [3.05, 3.63) is 19.3 Å². The van der Waals surface area contributed by atoms with Crippen molar-refractivity contribution < 1.29 is 0 Å². The van der Waals surface area contributed by atoms with Crippen LogP contribution in [0.25, 0.3) is 0 Å². The minimum atomic E-state index is 1.07. The fraction of sp³-hybridized carbons (Fsp3) is 0.400. The SMILES string of the molecule is [CH2]N/C=C/CC. The molecule has 0 atom stereocenters. The highest BCUT2D eigenvalue weighted by molar-refractivity contribution is 4.76. The van der Waals surface area contributed by atoms with E-state index in [0.717, 1.165) is 6.42 Å². The van der Waals surface area contributed by atoms with Crippen molar-refractivity contribution in [1.29, 1.82) is 0 Å². The summed E-state index contributed by atoms with van der Waals surface area (Å²) in [5, 5.41) is 2.64. The molecule has 0 aromatic rings. The molecule has 1 radical (unpaired) electrons. The molecule has 0 saturated heterocycles. The molecule has 0 aliphatic carbocycles. The van der Waals surface area contributed by atoms with Crippen LogP contribution in [0.5, 0.6) is 0 Å². The Bertz CT molecular complexity index is 33.2. The molecule has 0 unspecified atom stereocenters. The number of nitrogens with one attached hydrogen (secondary N) is 1. The monoisotopic (exact) mass is 84.1 g/mol. The van der Waals surface area contributed by atoms with E-state index in [4.69, 9.17) is 0 Å². The van der Waals surface area contributed by atoms with Crippen molar-refractivity contribution in [3.8, 4) is 0 Å². The third-order valence-electron chi connectivity index (χ3n) is 0.471. The van der Waals surface area contributed by atoms with Gasteiger partial charge >= 0.3 is 0 Å². The molecule has 6 heavy (non-hydrogen) atoms. The summed E-state index contributed by atoms with van der Waals surface area (Å²) in [6.07, 6.45) is 4.90. The van der Waals surface area contributed by atoms with Crippen molar-refractivity contribution in [2.45, 2.75) is 13.3 Å². The summed E-state index contributed by atoms with van der Waals surface area (Å²) >= 11 is 0. The number of allylic oxidation sites excluding steroid dienone is 1. The minimum absolute atomic E-state index is 1.07. The minimum Gasteiger partial charge on any atom is -0.389 e. The van der Waals surface area contributed by atoms with Crippen LogP contribution in [0.15, 0.2) is 12.3 Å². The van der Waals surface area contributed by atoms with Crippen LogP contribution < -0.4 is 5.32 Å². The van der Waals surface area contributed by atoms with E-state index >= 15 is 0 Å². The molecule has 35 valence electrons. The first-order valence-corrected chi connectivity index (χ1v) is 2.09. The van der Waals surface area contributed by atoms with Gasteiger partial charge in [-0.25, -0.2) is 0 Å². The molecule has 0 aliphatic heterocycles. The average molecular weight is 84.1 g/mol. The summed E-state index contributed by atoms with van der Waals surface area (Å²) in [7, 11) is 3.39. The van der Waals surface area contributed by atoms with Crippen LogP contribution in [0.2, 0.25) is 0 Å². The Morgan fingerprint density at radius 1 is 1.83 bits per heavy atom. The zero-order valence-corrected chi connectivity index (χ0v) is 4.07. The molecule has 0 heterocycles. The molecule has 0 spiro atoms. The van der Waals surface area contributed by atoms with Crippen LogP contribution in [-0.4, -0.2) is 0 Å². The topological polar surface area (TPSA) is 12.0 Å². The Labute approximate surface area is 39.1 Å². The summed E-state index contributed by atoms with van der Waals surface area (Å²) in [6, 6.07) is 0. The predicted molar refractivity (Wildman–Crippen MR) is 27.9 cm³/mol. The van der Waals surface area contributed by atoms with Crippen LogP contribution in [0.3, 0.4) is 0 Å². The molecule has 1 nitrogen and oxygen atoms in total. The molecule has 0 amide bonds. The van der Waals surface area contributed by atoms with Crippen molar-refractivity contribution in [1.82, 2.24) is 5.32 Å². The highest BCUT2D eigenvalue weighted by Gasteiger charge is 1.57. The molecule has 0 aromatic carbocycles. The lowest BCUT2D eigenvalue weighted by atomic mass is 10.5. The molecule has 1 heteroatoms. The van der Waals surface area contributed by atoms with Gasteiger partial charge in [0.1, 0.15) is 0 Å². The van der Waals surface area contributed by atoms with E-state index < -0.39 is 0 Å². The van der Waals surface area contributed by atoms with Crippen molar-refractivity contribution in [2.75, 3.05) is 0 Å². The molecule has 0 saturated carbocycles. The number of rotatable bonds is 2. The van der Waals surface area contributed by atoms with Gasteiger partial charge in [-0.1, -0.05) is 13.0 Å². The molecule has 0 rings (SSSR count). The first-order chi connectivity index (χ1) is 2.91. The predicted octanol–water partition coefficient (Wildman–Crippen LogP) is 1.29. The summed E-state index contributed by atoms with van der Waals surface area (Å²) in [5.41, 5.74) is 0. The van der Waals surface area contributed by atoms with Gasteiger partial charge in [0.05, 0.1) is 0 Å². The summed E-state index contributed by atoms with van der Waals surface area (Å²) in [5.74, 6) is 0. The van der Waals surface area contributed by atoms with Gasteiger partial charge in [-0.05, 0) is 12.6 Å². The number of hydrogen-bond donors (Lipinski definition) is 1. The van der Waals surface area contributed by atoms with Crippen LogP contribution >= 0.6 is 0 Å². The molecule has 0 bridgehead atoms. The fourth-order valence-electron chi connectivity index (χ4n) is 0.201. The van der Waals surface area contributed by atoms with Crippen LogP contribution in [0, 0.1) is 7.05 Å². The fourth-order valence-corrected chi connectivity index (χ4v) is 0.201. The maximum Gasteiger partial charge on any atom is 0.0314 e. The standard InChI is InChI=1S/C5H10N/c1-3-4-5-6-2/h4-6H,2-3H2,1H3/b5-4+. The Hall–Kier alpha value is -0.460. The summed E-state index contributed by atoms with van der Waals surface area (Å²) < 4.78 is 0. The van der Waals surface area contributed by atoms with E-state index in [2.05, 4.69) is 19.3 Å². The largest absolute Gasteiger partial charge is 0.389 e. The normalized spacial score (nSPS) is 9.67. The van der Waals surface area contributed by atoms with Crippen LogP contribution in [0.4, 0.5) is 0 Å². The van der Waals surface area contributed by atoms with Gasteiger partial charge in [0.25, 0.3) is 0 Å². The van der Waals surface area contributed by atoms with Crippen molar-refractivity contribution in [3.63, 3.8) is 0 Å². The van der Waals surface area contributed by atoms with Gasteiger partial charge in [-0.2, -0.15) is 0 Å². The van der Waals surface area contributed by atoms with E-state index in [0.29, 0.717) is 0 Å². The Balaban J connectivity index is 2.73. The van der Waals surface area contributed by atoms with Crippen LogP contribution in [0.1, 0.15) is 13.3 Å². The van der Waals surface area contributed by atoms with E-state index in [1.807, 2.05) is 12.3 Å². The molecule has 0 fully saturated rings. The maximum atomic E-state index is 3.39. The summed E-state index contributed by atoms with van der Waals surface area (Å²) in [4.78, 5) is 0. The van der Waals surface area contributed by atoms with Gasteiger partial charge in [0.2, 0.25) is 0 Å². The highest BCUT2D eigenvalue weighted by Crippen LogP contribution is 1.72. The molecule has 0 aliphatic rings. The van der Waals surface area contributed by atoms with Gasteiger partial charge in [0.15, 0.2) is 0 Å². The molecule has 1 N–H and O–H groups in total. The van der Waals surface area contributed by atoms with Crippen molar-refractivity contribution in [2.24, 2.45) is 0 Å². The lowest BCUT2D eigenvalue weighted by Gasteiger charge is -1.78. The first-order valence-electron chi connectivity index (χ1n) is 2.09. The van der Waals surface area contributed by atoms with Gasteiger partial charge in [0, 0.05) is 7.05 Å². The number of hydrogen-bond acceptors (Lipinski definition) is 1. The molecular weight excluding hydrogens is 74.1 g/mol. The second-order valence-electron chi connectivity index (χ2n) is 1.01. The third-order valence-corrected chi connectivity index (χ3v) is 0.471. The first kappa shape index (κ1) is 5.54. The van der Waals surface area contributed by atoms with E-state index in [1.54, 1.807) is 0 Å². The van der Waals surface area contributed by atoms with E-state index in [-0.39, 0.29) is 0 Å². The Morgan fingerprint density at radius 2 is 2.50 bits per heavy atom. The lowest BCUT2D eigenvalue weighted by Crippen LogP contribution is -1.84. The second kappa shape index (κ2) is 4.54. The van der Waals surface area contributed by atoms with E-state index in [1.165, 1.54) is 0 Å². The zero-order chi connectivity index (χ0) is 4.83. The average Bonchev–Trinajstić information content (AvgIpc) is 1.61.